The zero-order chi connectivity index (χ0) is 18.4. The Kier molecular flexibility index (Phi) is 8.15. The summed E-state index contributed by atoms with van der Waals surface area (Å²) in [5, 5.41) is 3.43. The van der Waals surface area contributed by atoms with E-state index in [1.807, 2.05) is 31.6 Å². The SMILES string of the molecule is CN=C(NCCc1ccncc1C)N(C)Cc1ccc2c(c1)OCCO2.I. The molecule has 1 N–H and O–H groups in total. The van der Waals surface area contributed by atoms with Gasteiger partial charge in [-0.15, -0.1) is 24.0 Å². The lowest BCUT2D eigenvalue weighted by Gasteiger charge is -2.24. The summed E-state index contributed by atoms with van der Waals surface area (Å²) in [6.07, 6.45) is 4.68. The van der Waals surface area contributed by atoms with Gasteiger partial charge in [-0.1, -0.05) is 6.07 Å². The lowest BCUT2D eigenvalue weighted by atomic mass is 10.1. The van der Waals surface area contributed by atoms with E-state index in [4.69, 9.17) is 9.47 Å². The molecule has 0 atom stereocenters. The molecule has 1 aliphatic heterocycles. The average molecular weight is 482 g/mol. The Morgan fingerprint density at radius 2 is 2.00 bits per heavy atom. The quantitative estimate of drug-likeness (QED) is 0.404. The second-order valence-corrected chi connectivity index (χ2v) is 6.36. The van der Waals surface area contributed by atoms with Crippen molar-refractivity contribution in [3.8, 4) is 11.5 Å². The van der Waals surface area contributed by atoms with Gasteiger partial charge in [0, 0.05) is 39.6 Å². The predicted molar refractivity (Wildman–Crippen MR) is 118 cm³/mol. The van der Waals surface area contributed by atoms with Crippen molar-refractivity contribution in [1.29, 1.82) is 0 Å². The number of aliphatic imine (C=N–C) groups is 1. The third-order valence-corrected chi connectivity index (χ3v) is 4.41. The number of hydrogen-bond acceptors (Lipinski definition) is 4. The molecule has 6 nitrogen and oxygen atoms in total. The molecule has 146 valence electrons. The summed E-state index contributed by atoms with van der Waals surface area (Å²) in [4.78, 5) is 10.6. The van der Waals surface area contributed by atoms with Crippen LogP contribution in [0.2, 0.25) is 0 Å². The normalized spacial score (nSPS) is 12.9. The molecule has 0 spiro atoms. The first-order valence-electron chi connectivity index (χ1n) is 8.87. The number of aromatic nitrogens is 1. The van der Waals surface area contributed by atoms with Gasteiger partial charge in [0.15, 0.2) is 17.5 Å². The highest BCUT2D eigenvalue weighted by molar-refractivity contribution is 14.0. The van der Waals surface area contributed by atoms with Gasteiger partial charge in [0.2, 0.25) is 0 Å². The molecule has 0 bridgehead atoms. The van der Waals surface area contributed by atoms with Crippen molar-refractivity contribution in [3.63, 3.8) is 0 Å². The number of fused-ring (bicyclic) bond motifs is 1. The number of ether oxygens (including phenoxy) is 2. The minimum absolute atomic E-state index is 0. The second kappa shape index (κ2) is 10.3. The number of rotatable bonds is 5. The van der Waals surface area contributed by atoms with Gasteiger partial charge in [-0.05, 0) is 48.2 Å². The Balaban J connectivity index is 0.00000261. The van der Waals surface area contributed by atoms with E-state index in [1.165, 1.54) is 11.1 Å². The van der Waals surface area contributed by atoms with E-state index in [2.05, 4.69) is 39.2 Å². The molecule has 0 amide bonds. The van der Waals surface area contributed by atoms with Crippen molar-refractivity contribution < 1.29 is 9.47 Å². The smallest absolute Gasteiger partial charge is 0.193 e. The van der Waals surface area contributed by atoms with Gasteiger partial charge in [0.25, 0.3) is 0 Å². The van der Waals surface area contributed by atoms with Crippen molar-refractivity contribution in [2.75, 3.05) is 33.9 Å². The van der Waals surface area contributed by atoms with Crippen molar-refractivity contribution in [3.05, 3.63) is 53.3 Å². The molecule has 27 heavy (non-hydrogen) atoms. The van der Waals surface area contributed by atoms with Crippen LogP contribution in [0.1, 0.15) is 16.7 Å². The summed E-state index contributed by atoms with van der Waals surface area (Å²) in [7, 11) is 3.84. The van der Waals surface area contributed by atoms with E-state index in [9.17, 15) is 0 Å². The van der Waals surface area contributed by atoms with E-state index >= 15 is 0 Å². The van der Waals surface area contributed by atoms with Crippen LogP contribution in [-0.2, 0) is 13.0 Å². The van der Waals surface area contributed by atoms with E-state index in [0.717, 1.165) is 42.5 Å². The van der Waals surface area contributed by atoms with E-state index < -0.39 is 0 Å². The molecule has 1 aromatic carbocycles. The van der Waals surface area contributed by atoms with Crippen LogP contribution in [0.25, 0.3) is 0 Å². The Hall–Kier alpha value is -2.03. The minimum Gasteiger partial charge on any atom is -0.486 e. The van der Waals surface area contributed by atoms with Gasteiger partial charge < -0.3 is 19.7 Å². The average Bonchev–Trinajstić information content (AvgIpc) is 2.66. The molecule has 1 aromatic heterocycles. The summed E-state index contributed by atoms with van der Waals surface area (Å²) >= 11 is 0. The predicted octanol–water partition coefficient (Wildman–Crippen LogP) is 3.03. The Labute approximate surface area is 178 Å². The third kappa shape index (κ3) is 5.72. The van der Waals surface area contributed by atoms with Gasteiger partial charge >= 0.3 is 0 Å². The molecule has 2 aromatic rings. The molecular formula is C20H27IN4O2. The van der Waals surface area contributed by atoms with Crippen LogP contribution in [0.3, 0.4) is 0 Å². The number of halogens is 1. The van der Waals surface area contributed by atoms with Gasteiger partial charge in [0.05, 0.1) is 0 Å². The Morgan fingerprint density at radius 1 is 1.22 bits per heavy atom. The molecular weight excluding hydrogens is 455 g/mol. The van der Waals surface area contributed by atoms with Crippen LogP contribution in [0.4, 0.5) is 0 Å². The Morgan fingerprint density at radius 3 is 2.74 bits per heavy atom. The summed E-state index contributed by atoms with van der Waals surface area (Å²) in [5.41, 5.74) is 3.68. The van der Waals surface area contributed by atoms with Crippen LogP contribution >= 0.6 is 24.0 Å². The Bertz CT molecular complexity index is 782. The number of hydrogen-bond donors (Lipinski definition) is 1. The van der Waals surface area contributed by atoms with Crippen molar-refractivity contribution >= 4 is 29.9 Å². The van der Waals surface area contributed by atoms with Gasteiger partial charge in [-0.2, -0.15) is 0 Å². The number of nitrogens with zero attached hydrogens (tertiary/aromatic N) is 3. The van der Waals surface area contributed by atoms with E-state index in [1.54, 1.807) is 7.05 Å². The zero-order valence-electron chi connectivity index (χ0n) is 16.1. The second-order valence-electron chi connectivity index (χ2n) is 6.36. The number of aryl methyl sites for hydroxylation is 1. The molecule has 3 rings (SSSR count). The molecule has 1 aliphatic rings. The van der Waals surface area contributed by atoms with Crippen LogP contribution in [0.15, 0.2) is 41.7 Å². The van der Waals surface area contributed by atoms with E-state index in [0.29, 0.717) is 13.2 Å². The number of nitrogens with one attached hydrogen (secondary N) is 1. The fourth-order valence-electron chi connectivity index (χ4n) is 3.01. The molecule has 0 saturated heterocycles. The fourth-order valence-corrected chi connectivity index (χ4v) is 3.01. The lowest BCUT2D eigenvalue weighted by Crippen LogP contribution is -2.39. The number of benzene rings is 1. The summed E-state index contributed by atoms with van der Waals surface area (Å²) < 4.78 is 11.2. The fraction of sp³-hybridized carbons (Fsp3) is 0.400. The van der Waals surface area contributed by atoms with Crippen molar-refractivity contribution in [2.24, 2.45) is 4.99 Å². The molecule has 7 heteroatoms. The first-order chi connectivity index (χ1) is 12.7. The third-order valence-electron chi connectivity index (χ3n) is 4.41. The first-order valence-corrected chi connectivity index (χ1v) is 8.87. The largest absolute Gasteiger partial charge is 0.486 e. The van der Waals surface area contributed by atoms with Crippen molar-refractivity contribution in [1.82, 2.24) is 15.2 Å². The molecule has 2 heterocycles. The first kappa shape index (κ1) is 21.3. The topological polar surface area (TPSA) is 59.0 Å². The van der Waals surface area contributed by atoms with Crippen LogP contribution in [0.5, 0.6) is 11.5 Å². The summed E-state index contributed by atoms with van der Waals surface area (Å²) in [6, 6.07) is 8.15. The standard InChI is InChI=1S/C20H26N4O2.HI/c1-15-13-22-8-6-17(15)7-9-23-20(21-2)24(3)14-16-4-5-18-19(12-16)26-11-10-25-18;/h4-6,8,12-13H,7,9-11,14H2,1-3H3,(H,21,23);1H. The maximum atomic E-state index is 5.66. The monoisotopic (exact) mass is 482 g/mol. The van der Waals surface area contributed by atoms with Crippen molar-refractivity contribution in [2.45, 2.75) is 19.9 Å². The highest BCUT2D eigenvalue weighted by atomic mass is 127. The minimum atomic E-state index is 0. The number of guanidine groups is 1. The molecule has 0 fully saturated rings. The maximum absolute atomic E-state index is 5.66. The van der Waals surface area contributed by atoms with Gasteiger partial charge in [-0.3, -0.25) is 9.98 Å². The summed E-state index contributed by atoms with van der Waals surface area (Å²) in [5.74, 6) is 2.50. The molecule has 0 unspecified atom stereocenters. The maximum Gasteiger partial charge on any atom is 0.193 e. The van der Waals surface area contributed by atoms with Crippen LogP contribution in [-0.4, -0.2) is 49.7 Å². The summed E-state index contributed by atoms with van der Waals surface area (Å²) in [6.45, 7) is 4.86. The lowest BCUT2D eigenvalue weighted by molar-refractivity contribution is 0.171. The highest BCUT2D eigenvalue weighted by Gasteiger charge is 2.13. The van der Waals surface area contributed by atoms with Crippen LogP contribution < -0.4 is 14.8 Å². The molecule has 0 aliphatic carbocycles. The number of pyridine rings is 1. The molecule has 0 radical (unpaired) electrons. The zero-order valence-corrected chi connectivity index (χ0v) is 18.4. The van der Waals surface area contributed by atoms with E-state index in [-0.39, 0.29) is 24.0 Å². The van der Waals surface area contributed by atoms with Gasteiger partial charge in [-0.25, -0.2) is 0 Å². The highest BCUT2D eigenvalue weighted by Crippen LogP contribution is 2.31. The van der Waals surface area contributed by atoms with Gasteiger partial charge in [0.1, 0.15) is 13.2 Å². The molecule has 0 saturated carbocycles. The van der Waals surface area contributed by atoms with Crippen LogP contribution in [0, 0.1) is 6.92 Å².